The quantitative estimate of drug-likeness (QED) is 0.612. The molecule has 4 nitrogen and oxygen atoms in total. The zero-order valence-electron chi connectivity index (χ0n) is 11.3. The lowest BCUT2D eigenvalue weighted by Gasteiger charge is -2.14. The summed E-state index contributed by atoms with van der Waals surface area (Å²) in [6, 6.07) is 7.36. The molecule has 0 spiro atoms. The number of Topliss-reactive ketones (excluding diaryl/α,β-unsaturated/α-hetero) is 1. The van der Waals surface area contributed by atoms with E-state index >= 15 is 0 Å². The fraction of sp³-hybridized carbons (Fsp3) is 0.333. The highest BCUT2D eigenvalue weighted by atomic mass is 16.2. The van der Waals surface area contributed by atoms with Crippen LogP contribution in [0.3, 0.4) is 0 Å². The molecule has 1 aromatic rings. The van der Waals surface area contributed by atoms with Crippen molar-refractivity contribution in [2.45, 2.75) is 6.42 Å². The van der Waals surface area contributed by atoms with Crippen molar-refractivity contribution in [3.8, 4) is 0 Å². The second-order valence-corrected chi connectivity index (χ2v) is 4.86. The molecular formula is C15H18N2O2. The third-order valence-electron chi connectivity index (χ3n) is 3.42. The lowest BCUT2D eigenvalue weighted by Crippen LogP contribution is -2.26. The number of hydrogen-bond donors (Lipinski definition) is 0. The fourth-order valence-electron chi connectivity index (χ4n) is 2.27. The molecule has 0 aliphatic carbocycles. The molecule has 1 aromatic carbocycles. The molecule has 0 bridgehead atoms. The Labute approximate surface area is 113 Å². The number of carbonyl (C=O) groups excluding carboxylic acids is 2. The Kier molecular flexibility index (Phi) is 3.69. The van der Waals surface area contributed by atoms with Crippen LogP contribution in [-0.2, 0) is 4.79 Å². The minimum absolute atomic E-state index is 0.0990. The van der Waals surface area contributed by atoms with Gasteiger partial charge in [0.05, 0.1) is 0 Å². The van der Waals surface area contributed by atoms with Crippen LogP contribution in [0.25, 0.3) is 0 Å². The molecule has 19 heavy (non-hydrogen) atoms. The van der Waals surface area contributed by atoms with E-state index in [1.54, 1.807) is 6.07 Å². The summed E-state index contributed by atoms with van der Waals surface area (Å²) in [4.78, 5) is 27.8. The standard InChI is InChI=1S/C15H18N2O2/c1-4-17-9-8-13(15(17)19)14(18)11-6-5-7-12(10-11)16(2)3/h4-7,10,13H,1,8-9H2,2-3H3/t13-/m0/s1. The van der Waals surface area contributed by atoms with Crippen LogP contribution in [0, 0.1) is 5.92 Å². The van der Waals surface area contributed by atoms with Crippen molar-refractivity contribution < 1.29 is 9.59 Å². The van der Waals surface area contributed by atoms with Gasteiger partial charge >= 0.3 is 0 Å². The molecule has 0 radical (unpaired) electrons. The molecule has 1 heterocycles. The van der Waals surface area contributed by atoms with E-state index in [1.807, 2.05) is 37.2 Å². The maximum absolute atomic E-state index is 12.4. The fourth-order valence-corrected chi connectivity index (χ4v) is 2.27. The third kappa shape index (κ3) is 2.52. The predicted molar refractivity (Wildman–Crippen MR) is 75.1 cm³/mol. The molecule has 1 atom stereocenters. The van der Waals surface area contributed by atoms with E-state index in [4.69, 9.17) is 0 Å². The second-order valence-electron chi connectivity index (χ2n) is 4.86. The van der Waals surface area contributed by atoms with Crippen LogP contribution in [-0.4, -0.2) is 37.2 Å². The Morgan fingerprint density at radius 3 is 2.79 bits per heavy atom. The van der Waals surface area contributed by atoms with E-state index in [2.05, 4.69) is 6.58 Å². The van der Waals surface area contributed by atoms with E-state index in [0.717, 1.165) is 5.69 Å². The number of amides is 1. The minimum Gasteiger partial charge on any atom is -0.378 e. The van der Waals surface area contributed by atoms with Gasteiger partial charge in [-0.3, -0.25) is 9.59 Å². The van der Waals surface area contributed by atoms with Crippen LogP contribution in [0.2, 0.25) is 0 Å². The Hall–Kier alpha value is -2.10. The molecule has 1 aliphatic rings. The van der Waals surface area contributed by atoms with Gasteiger partial charge in [-0.15, -0.1) is 0 Å². The van der Waals surface area contributed by atoms with Crippen molar-refractivity contribution in [1.29, 1.82) is 0 Å². The summed E-state index contributed by atoms with van der Waals surface area (Å²) in [7, 11) is 3.84. The number of rotatable bonds is 4. The summed E-state index contributed by atoms with van der Waals surface area (Å²) in [5.74, 6) is -0.802. The molecule has 100 valence electrons. The number of ketones is 1. The molecule has 2 rings (SSSR count). The number of nitrogens with zero attached hydrogens (tertiary/aromatic N) is 2. The topological polar surface area (TPSA) is 40.6 Å². The summed E-state index contributed by atoms with van der Waals surface area (Å²) >= 11 is 0. The summed E-state index contributed by atoms with van der Waals surface area (Å²) in [6.07, 6.45) is 2.06. The molecule has 0 unspecified atom stereocenters. The van der Waals surface area contributed by atoms with E-state index < -0.39 is 5.92 Å². The molecule has 0 aromatic heterocycles. The Morgan fingerprint density at radius 2 is 2.21 bits per heavy atom. The molecule has 4 heteroatoms. The Bertz CT molecular complexity index is 523. The third-order valence-corrected chi connectivity index (χ3v) is 3.42. The van der Waals surface area contributed by atoms with Crippen molar-refractivity contribution in [3.63, 3.8) is 0 Å². The van der Waals surface area contributed by atoms with Crippen molar-refractivity contribution in [2.75, 3.05) is 25.5 Å². The van der Waals surface area contributed by atoms with E-state index in [1.165, 1.54) is 11.1 Å². The highest BCUT2D eigenvalue weighted by Gasteiger charge is 2.36. The van der Waals surface area contributed by atoms with Gasteiger partial charge in [0.2, 0.25) is 5.91 Å². The molecule has 1 amide bonds. The predicted octanol–water partition coefficient (Wildman–Crippen LogP) is 1.93. The molecular weight excluding hydrogens is 240 g/mol. The smallest absolute Gasteiger partial charge is 0.237 e. The number of likely N-dealkylation sites (tertiary alicyclic amines) is 1. The zero-order valence-corrected chi connectivity index (χ0v) is 11.3. The first-order chi connectivity index (χ1) is 9.04. The van der Waals surface area contributed by atoms with Gasteiger partial charge in [0.15, 0.2) is 5.78 Å². The number of hydrogen-bond acceptors (Lipinski definition) is 3. The average molecular weight is 258 g/mol. The Balaban J connectivity index is 2.23. The second kappa shape index (κ2) is 5.26. The average Bonchev–Trinajstić information content (AvgIpc) is 2.79. The van der Waals surface area contributed by atoms with E-state index in [-0.39, 0.29) is 11.7 Å². The number of carbonyl (C=O) groups is 2. The molecule has 1 aliphatic heterocycles. The van der Waals surface area contributed by atoms with Crippen LogP contribution < -0.4 is 4.90 Å². The highest BCUT2D eigenvalue weighted by molar-refractivity contribution is 6.11. The summed E-state index contributed by atoms with van der Waals surface area (Å²) in [5.41, 5.74) is 1.55. The van der Waals surface area contributed by atoms with Crippen molar-refractivity contribution in [2.24, 2.45) is 5.92 Å². The normalized spacial score (nSPS) is 18.5. The molecule has 0 saturated carbocycles. The van der Waals surface area contributed by atoms with Gasteiger partial charge in [0, 0.05) is 31.9 Å². The van der Waals surface area contributed by atoms with Gasteiger partial charge in [-0.05, 0) is 24.8 Å². The maximum atomic E-state index is 12.4. The number of benzene rings is 1. The summed E-state index contributed by atoms with van der Waals surface area (Å²) in [6.45, 7) is 4.16. The van der Waals surface area contributed by atoms with Gasteiger partial charge in [0.1, 0.15) is 5.92 Å². The van der Waals surface area contributed by atoms with Crippen molar-refractivity contribution in [1.82, 2.24) is 4.90 Å². The lowest BCUT2D eigenvalue weighted by molar-refractivity contribution is -0.127. The monoisotopic (exact) mass is 258 g/mol. The van der Waals surface area contributed by atoms with E-state index in [0.29, 0.717) is 18.5 Å². The molecule has 1 fully saturated rings. The highest BCUT2D eigenvalue weighted by Crippen LogP contribution is 2.24. The van der Waals surface area contributed by atoms with E-state index in [9.17, 15) is 9.59 Å². The molecule has 1 saturated heterocycles. The summed E-state index contributed by atoms with van der Waals surface area (Å²) in [5, 5.41) is 0. The van der Waals surface area contributed by atoms with Gasteiger partial charge < -0.3 is 9.80 Å². The largest absolute Gasteiger partial charge is 0.378 e. The van der Waals surface area contributed by atoms with Crippen LogP contribution in [0.1, 0.15) is 16.8 Å². The first kappa shape index (κ1) is 13.3. The summed E-state index contributed by atoms with van der Waals surface area (Å²) < 4.78 is 0. The maximum Gasteiger partial charge on any atom is 0.237 e. The Morgan fingerprint density at radius 1 is 1.47 bits per heavy atom. The lowest BCUT2D eigenvalue weighted by atomic mass is 9.96. The number of anilines is 1. The van der Waals surface area contributed by atoms with Gasteiger partial charge in [-0.2, -0.15) is 0 Å². The van der Waals surface area contributed by atoms with Gasteiger partial charge in [0.25, 0.3) is 0 Å². The SMILES string of the molecule is C=CN1CC[C@@H](C(=O)c2cccc(N(C)C)c2)C1=O. The van der Waals surface area contributed by atoms with Crippen LogP contribution >= 0.6 is 0 Å². The minimum atomic E-state index is -0.560. The van der Waals surface area contributed by atoms with Crippen molar-refractivity contribution in [3.05, 3.63) is 42.6 Å². The van der Waals surface area contributed by atoms with Crippen molar-refractivity contribution >= 4 is 17.4 Å². The first-order valence-corrected chi connectivity index (χ1v) is 6.29. The zero-order chi connectivity index (χ0) is 14.0. The van der Waals surface area contributed by atoms with Crippen LogP contribution in [0.4, 0.5) is 5.69 Å². The first-order valence-electron chi connectivity index (χ1n) is 6.29. The van der Waals surface area contributed by atoms with Gasteiger partial charge in [-0.1, -0.05) is 18.7 Å². The van der Waals surface area contributed by atoms with Crippen LogP contribution in [0.15, 0.2) is 37.0 Å². The van der Waals surface area contributed by atoms with Gasteiger partial charge in [-0.25, -0.2) is 0 Å². The molecule has 0 N–H and O–H groups in total. The van der Waals surface area contributed by atoms with Crippen LogP contribution in [0.5, 0.6) is 0 Å².